The van der Waals surface area contributed by atoms with Crippen LogP contribution in [0.1, 0.15) is 16.1 Å². The molecule has 2 aromatic rings. The van der Waals surface area contributed by atoms with Crippen LogP contribution < -0.4 is 15.6 Å². The number of sulfonamides is 1. The quantitative estimate of drug-likeness (QED) is 0.702. The number of halogens is 1. The largest absolute Gasteiger partial charge is 0.507 e. The van der Waals surface area contributed by atoms with Crippen molar-refractivity contribution in [2.45, 2.75) is 13.2 Å². The summed E-state index contributed by atoms with van der Waals surface area (Å²) in [7, 11) is -3.72. The highest BCUT2D eigenvalue weighted by atomic mass is 32.2. The van der Waals surface area contributed by atoms with Crippen molar-refractivity contribution in [1.29, 1.82) is 0 Å². The van der Waals surface area contributed by atoms with Crippen LogP contribution in [0, 0.1) is 5.82 Å². The molecule has 0 radical (unpaired) electrons. The Labute approximate surface area is 153 Å². The molecule has 0 fully saturated rings. The van der Waals surface area contributed by atoms with Crippen LogP contribution in [-0.2, 0) is 27.9 Å². The second kappa shape index (κ2) is 7.00. The lowest BCUT2D eigenvalue weighted by Gasteiger charge is -2.22. The van der Waals surface area contributed by atoms with Gasteiger partial charge < -0.3 is 19.7 Å². The molecule has 0 unspecified atom stereocenters. The van der Waals surface area contributed by atoms with Crippen LogP contribution in [-0.4, -0.2) is 36.9 Å². The summed E-state index contributed by atoms with van der Waals surface area (Å²) in [6, 6.07) is 4.25. The Bertz CT molecular complexity index is 1080. The first-order valence-electron chi connectivity index (χ1n) is 7.78. The Balaban J connectivity index is 1.95. The minimum atomic E-state index is -3.72. The predicted octanol–water partition coefficient (Wildman–Crippen LogP) is 0.847. The van der Waals surface area contributed by atoms with Gasteiger partial charge in [-0.25, -0.2) is 12.8 Å². The summed E-state index contributed by atoms with van der Waals surface area (Å²) in [5, 5.41) is 12.5. The average molecular weight is 397 g/mol. The number of nitrogens with one attached hydrogen (secondary N) is 2. The van der Waals surface area contributed by atoms with Crippen LogP contribution in [0.2, 0.25) is 0 Å². The summed E-state index contributed by atoms with van der Waals surface area (Å²) in [4.78, 5) is 24.6. The van der Waals surface area contributed by atoms with Crippen molar-refractivity contribution in [2.24, 2.45) is 0 Å². The Morgan fingerprint density at radius 3 is 2.78 bits per heavy atom. The number of carbonyl (C=O) groups is 1. The predicted molar refractivity (Wildman–Crippen MR) is 94.8 cm³/mol. The molecule has 3 rings (SSSR count). The molecule has 144 valence electrons. The maximum atomic E-state index is 13.8. The van der Waals surface area contributed by atoms with Gasteiger partial charge in [0.05, 0.1) is 30.9 Å². The number of aromatic nitrogens is 1. The fourth-order valence-corrected chi connectivity index (χ4v) is 3.28. The molecule has 1 aromatic heterocycles. The van der Waals surface area contributed by atoms with Gasteiger partial charge in [-0.15, -0.1) is 0 Å². The molecule has 9 nitrogen and oxygen atoms in total. The van der Waals surface area contributed by atoms with E-state index in [0.29, 0.717) is 6.61 Å². The van der Waals surface area contributed by atoms with Crippen LogP contribution in [0.4, 0.5) is 15.8 Å². The second-order valence-electron chi connectivity index (χ2n) is 5.92. The van der Waals surface area contributed by atoms with Gasteiger partial charge in [0, 0.05) is 18.3 Å². The zero-order valence-corrected chi connectivity index (χ0v) is 15.0. The number of hydrogen-bond acceptors (Lipinski definition) is 6. The molecule has 0 saturated heterocycles. The normalized spacial score (nSPS) is 13.7. The highest BCUT2D eigenvalue weighted by Crippen LogP contribution is 2.25. The van der Waals surface area contributed by atoms with Crippen LogP contribution in [0.3, 0.4) is 0 Å². The number of nitrogens with zero attached hydrogens (tertiary/aromatic N) is 1. The molecule has 0 spiro atoms. The smallest absolute Gasteiger partial charge is 0.261 e. The zero-order chi connectivity index (χ0) is 19.8. The van der Waals surface area contributed by atoms with E-state index < -0.39 is 33.1 Å². The third-order valence-corrected chi connectivity index (χ3v) is 4.43. The van der Waals surface area contributed by atoms with E-state index in [2.05, 4.69) is 5.32 Å². The van der Waals surface area contributed by atoms with Gasteiger partial charge in [0.1, 0.15) is 17.1 Å². The van der Waals surface area contributed by atoms with Crippen molar-refractivity contribution in [1.82, 2.24) is 4.57 Å². The lowest BCUT2D eigenvalue weighted by atomic mass is 10.1. The highest BCUT2D eigenvalue weighted by molar-refractivity contribution is 7.92. The molecular weight excluding hydrogens is 381 g/mol. The summed E-state index contributed by atoms with van der Waals surface area (Å²) >= 11 is 0. The van der Waals surface area contributed by atoms with Gasteiger partial charge in [0.25, 0.3) is 11.5 Å². The summed E-state index contributed by atoms with van der Waals surface area (Å²) in [5.41, 5.74) is -0.622. The van der Waals surface area contributed by atoms with Crippen molar-refractivity contribution in [3.8, 4) is 5.75 Å². The first-order valence-corrected chi connectivity index (χ1v) is 9.67. The SMILES string of the molecule is CS(=O)(=O)Nc1cc(NC(=O)c2c(O)cc(=O)n3c2COCC3)ccc1F. The minimum absolute atomic E-state index is 0.0311. The summed E-state index contributed by atoms with van der Waals surface area (Å²) < 4.78 is 45.0. The molecule has 1 aliphatic heterocycles. The van der Waals surface area contributed by atoms with Crippen LogP contribution in [0.5, 0.6) is 5.75 Å². The maximum Gasteiger partial charge on any atom is 0.261 e. The number of rotatable bonds is 4. The van der Waals surface area contributed by atoms with Crippen molar-refractivity contribution in [3.63, 3.8) is 0 Å². The minimum Gasteiger partial charge on any atom is -0.507 e. The zero-order valence-electron chi connectivity index (χ0n) is 14.2. The fraction of sp³-hybridized carbons (Fsp3) is 0.250. The Morgan fingerprint density at radius 2 is 2.07 bits per heavy atom. The van der Waals surface area contributed by atoms with Crippen LogP contribution in [0.25, 0.3) is 0 Å². The molecule has 0 bridgehead atoms. The van der Waals surface area contributed by atoms with Crippen molar-refractivity contribution < 1.29 is 27.4 Å². The van der Waals surface area contributed by atoms with E-state index in [-0.39, 0.29) is 35.8 Å². The van der Waals surface area contributed by atoms with Crippen molar-refractivity contribution in [2.75, 3.05) is 22.9 Å². The van der Waals surface area contributed by atoms with Gasteiger partial charge >= 0.3 is 0 Å². The number of pyridine rings is 1. The number of benzene rings is 1. The monoisotopic (exact) mass is 397 g/mol. The molecule has 2 heterocycles. The third kappa shape index (κ3) is 4.09. The number of aromatic hydroxyl groups is 1. The van der Waals surface area contributed by atoms with E-state index in [9.17, 15) is 27.5 Å². The number of fused-ring (bicyclic) bond motifs is 1. The van der Waals surface area contributed by atoms with Crippen LogP contribution in [0.15, 0.2) is 29.1 Å². The van der Waals surface area contributed by atoms with Gasteiger partial charge in [-0.3, -0.25) is 14.3 Å². The molecule has 11 heteroatoms. The summed E-state index contributed by atoms with van der Waals surface area (Å²) in [6.45, 7) is 0.515. The van der Waals surface area contributed by atoms with Gasteiger partial charge in [0.2, 0.25) is 10.0 Å². The molecule has 1 aliphatic rings. The molecule has 1 amide bonds. The third-order valence-electron chi connectivity index (χ3n) is 3.84. The number of ether oxygens (including phenoxy) is 1. The Kier molecular flexibility index (Phi) is 4.89. The summed E-state index contributed by atoms with van der Waals surface area (Å²) in [5.74, 6) is -2.08. The van der Waals surface area contributed by atoms with Crippen molar-refractivity contribution in [3.05, 3.63) is 51.7 Å². The number of carbonyl (C=O) groups excluding carboxylic acids is 1. The van der Waals surface area contributed by atoms with Gasteiger partial charge in [-0.05, 0) is 18.2 Å². The van der Waals surface area contributed by atoms with Gasteiger partial charge in [0.15, 0.2) is 0 Å². The van der Waals surface area contributed by atoms with Crippen LogP contribution >= 0.6 is 0 Å². The average Bonchev–Trinajstić information content (AvgIpc) is 2.56. The molecule has 1 aromatic carbocycles. The lowest BCUT2D eigenvalue weighted by molar-refractivity contribution is 0.0793. The molecular formula is C16H16FN3O6S. The molecule has 0 saturated carbocycles. The topological polar surface area (TPSA) is 127 Å². The molecule has 0 aliphatic carbocycles. The van der Waals surface area contributed by atoms with E-state index in [1.165, 1.54) is 10.6 Å². The number of hydrogen-bond donors (Lipinski definition) is 3. The Hall–Kier alpha value is -2.92. The van der Waals surface area contributed by atoms with Crippen molar-refractivity contribution >= 4 is 27.3 Å². The summed E-state index contributed by atoms with van der Waals surface area (Å²) in [6.07, 6.45) is 0.865. The van der Waals surface area contributed by atoms with E-state index >= 15 is 0 Å². The highest BCUT2D eigenvalue weighted by Gasteiger charge is 2.24. The van der Waals surface area contributed by atoms with Gasteiger partial charge in [-0.1, -0.05) is 0 Å². The van der Waals surface area contributed by atoms with E-state index in [0.717, 1.165) is 24.5 Å². The van der Waals surface area contributed by atoms with E-state index in [1.54, 1.807) is 0 Å². The van der Waals surface area contributed by atoms with E-state index in [4.69, 9.17) is 4.74 Å². The molecule has 0 atom stereocenters. The fourth-order valence-electron chi connectivity index (χ4n) is 2.72. The Morgan fingerprint density at radius 1 is 1.33 bits per heavy atom. The van der Waals surface area contributed by atoms with E-state index in [1.807, 2.05) is 4.72 Å². The van der Waals surface area contributed by atoms with Gasteiger partial charge in [-0.2, -0.15) is 0 Å². The molecule has 27 heavy (non-hydrogen) atoms. The number of anilines is 2. The number of amides is 1. The molecule has 3 N–H and O–H groups in total. The standard InChI is InChI=1S/C16H16FN3O6S/c1-27(24,25)19-11-6-9(2-3-10(11)17)18-16(23)15-12-8-26-5-4-20(12)14(22)7-13(15)21/h2-3,6-7,19,21H,4-5,8H2,1H3,(H,18,23). The first-order chi connectivity index (χ1) is 12.7. The first kappa shape index (κ1) is 18.9. The lowest BCUT2D eigenvalue weighted by Crippen LogP contribution is -2.32. The second-order valence-corrected chi connectivity index (χ2v) is 7.67. The maximum absolute atomic E-state index is 13.8.